The summed E-state index contributed by atoms with van der Waals surface area (Å²) in [6.07, 6.45) is 1.65. The molecular formula is C21H18BrN3O3. The van der Waals surface area contributed by atoms with Crippen LogP contribution in [0.3, 0.4) is 0 Å². The van der Waals surface area contributed by atoms with Crippen molar-refractivity contribution in [1.82, 2.24) is 4.90 Å². The number of amides is 2. The first-order valence-corrected chi connectivity index (χ1v) is 9.41. The summed E-state index contributed by atoms with van der Waals surface area (Å²) in [6.45, 7) is 4.25. The Morgan fingerprint density at radius 2 is 2.07 bits per heavy atom. The summed E-state index contributed by atoms with van der Waals surface area (Å²) in [5, 5.41) is 8.91. The zero-order chi connectivity index (χ0) is 20.1. The highest BCUT2D eigenvalue weighted by Gasteiger charge is 2.29. The van der Waals surface area contributed by atoms with Gasteiger partial charge in [0.05, 0.1) is 17.3 Å². The fraction of sp³-hybridized carbons (Fsp3) is 0.190. The first-order valence-electron chi connectivity index (χ1n) is 8.62. The van der Waals surface area contributed by atoms with Gasteiger partial charge < -0.3 is 9.64 Å². The van der Waals surface area contributed by atoms with Gasteiger partial charge in [-0.25, -0.2) is 0 Å². The molecule has 0 atom stereocenters. The molecule has 0 radical (unpaired) electrons. The van der Waals surface area contributed by atoms with Gasteiger partial charge in [-0.1, -0.05) is 34.1 Å². The van der Waals surface area contributed by atoms with E-state index in [0.717, 1.165) is 10.0 Å². The molecule has 1 heterocycles. The Kier molecular flexibility index (Phi) is 6.12. The van der Waals surface area contributed by atoms with Crippen molar-refractivity contribution >= 4 is 33.4 Å². The van der Waals surface area contributed by atoms with E-state index in [1.807, 2.05) is 12.1 Å². The Labute approximate surface area is 171 Å². The molecule has 6 nitrogen and oxygen atoms in total. The van der Waals surface area contributed by atoms with Gasteiger partial charge in [0.25, 0.3) is 5.91 Å². The normalized spacial score (nSPS) is 12.6. The number of ether oxygens (including phenoxy) is 1. The lowest BCUT2D eigenvalue weighted by molar-refractivity contribution is -0.132. The van der Waals surface area contributed by atoms with Gasteiger partial charge in [0.1, 0.15) is 12.3 Å². The van der Waals surface area contributed by atoms with Gasteiger partial charge in [0.15, 0.2) is 6.61 Å². The van der Waals surface area contributed by atoms with Crippen LogP contribution >= 0.6 is 15.9 Å². The van der Waals surface area contributed by atoms with E-state index in [1.165, 1.54) is 4.90 Å². The fourth-order valence-electron chi connectivity index (χ4n) is 2.90. The summed E-state index contributed by atoms with van der Waals surface area (Å²) in [5.74, 6) is 0.0950. The van der Waals surface area contributed by atoms with E-state index in [0.29, 0.717) is 30.1 Å². The fourth-order valence-corrected chi connectivity index (χ4v) is 3.24. The molecule has 2 amide bonds. The highest BCUT2D eigenvalue weighted by molar-refractivity contribution is 9.10. The molecule has 142 valence electrons. The van der Waals surface area contributed by atoms with E-state index in [9.17, 15) is 9.59 Å². The molecule has 0 aliphatic carbocycles. The van der Waals surface area contributed by atoms with Crippen LogP contribution in [0.25, 0.3) is 0 Å². The average Bonchev–Trinajstić information content (AvgIpc) is 2.70. The van der Waals surface area contributed by atoms with Crippen LogP contribution in [0.2, 0.25) is 0 Å². The molecule has 0 fully saturated rings. The SMILES string of the molecule is C=CCN(Cc1ccc(C#N)cc1)C(=O)CN1C(=O)COc2cc(Br)ccc21. The van der Waals surface area contributed by atoms with Gasteiger partial charge in [0.2, 0.25) is 5.91 Å². The van der Waals surface area contributed by atoms with E-state index in [-0.39, 0.29) is 25.0 Å². The second kappa shape index (κ2) is 8.72. The summed E-state index contributed by atoms with van der Waals surface area (Å²) in [5.41, 5.74) is 2.03. The predicted molar refractivity (Wildman–Crippen MR) is 109 cm³/mol. The molecule has 2 aromatic carbocycles. The molecule has 3 rings (SSSR count). The van der Waals surface area contributed by atoms with Crippen molar-refractivity contribution in [1.29, 1.82) is 5.26 Å². The number of nitrogens with zero attached hydrogens (tertiary/aromatic N) is 3. The van der Waals surface area contributed by atoms with E-state index in [4.69, 9.17) is 10.00 Å². The lowest BCUT2D eigenvalue weighted by Gasteiger charge is -2.31. The number of halogens is 1. The second-order valence-electron chi connectivity index (χ2n) is 6.25. The number of rotatable bonds is 6. The number of hydrogen-bond donors (Lipinski definition) is 0. The third kappa shape index (κ3) is 4.41. The largest absolute Gasteiger partial charge is 0.482 e. The van der Waals surface area contributed by atoms with Gasteiger partial charge in [0, 0.05) is 17.6 Å². The molecule has 0 spiro atoms. The number of hydrogen-bond acceptors (Lipinski definition) is 4. The van der Waals surface area contributed by atoms with Crippen LogP contribution in [0, 0.1) is 11.3 Å². The molecule has 0 unspecified atom stereocenters. The second-order valence-corrected chi connectivity index (χ2v) is 7.17. The number of anilines is 1. The summed E-state index contributed by atoms with van der Waals surface area (Å²) in [4.78, 5) is 28.4. The molecule has 0 N–H and O–H groups in total. The molecule has 0 saturated heterocycles. The maximum absolute atomic E-state index is 12.9. The van der Waals surface area contributed by atoms with Gasteiger partial charge in [-0.05, 0) is 35.9 Å². The minimum atomic E-state index is -0.264. The maximum atomic E-state index is 12.9. The predicted octanol–water partition coefficient (Wildman–Crippen LogP) is 3.26. The van der Waals surface area contributed by atoms with Crippen molar-refractivity contribution in [2.75, 3.05) is 24.6 Å². The van der Waals surface area contributed by atoms with Crippen molar-refractivity contribution in [2.45, 2.75) is 6.54 Å². The van der Waals surface area contributed by atoms with Crippen molar-refractivity contribution in [2.24, 2.45) is 0 Å². The number of nitriles is 1. The molecule has 1 aliphatic heterocycles. The van der Waals surface area contributed by atoms with Crippen molar-refractivity contribution < 1.29 is 14.3 Å². The van der Waals surface area contributed by atoms with Gasteiger partial charge in [-0.3, -0.25) is 14.5 Å². The maximum Gasteiger partial charge on any atom is 0.265 e. The monoisotopic (exact) mass is 439 g/mol. The topological polar surface area (TPSA) is 73.6 Å². The van der Waals surface area contributed by atoms with Crippen molar-refractivity contribution in [3.8, 4) is 11.8 Å². The third-order valence-electron chi connectivity index (χ3n) is 4.32. The Bertz CT molecular complexity index is 950. The molecule has 1 aliphatic rings. The standard InChI is InChI=1S/C21H18BrN3O3/c1-2-9-24(12-16-5-3-15(11-23)4-6-16)20(26)13-25-18-8-7-17(22)10-19(18)28-14-21(25)27/h2-8,10H,1,9,12-14H2. The first-order chi connectivity index (χ1) is 13.5. The summed E-state index contributed by atoms with van der Waals surface area (Å²) in [6, 6.07) is 14.5. The Morgan fingerprint density at radius 3 is 2.75 bits per heavy atom. The Morgan fingerprint density at radius 1 is 1.32 bits per heavy atom. The number of carbonyl (C=O) groups excluding carboxylic acids is 2. The lowest BCUT2D eigenvalue weighted by Crippen LogP contribution is -2.46. The van der Waals surface area contributed by atoms with Crippen molar-refractivity contribution in [3.63, 3.8) is 0 Å². The van der Waals surface area contributed by atoms with E-state index in [1.54, 1.807) is 41.3 Å². The first kappa shape index (κ1) is 19.6. The average molecular weight is 440 g/mol. The Balaban J connectivity index is 1.77. The van der Waals surface area contributed by atoms with Crippen LogP contribution in [-0.2, 0) is 16.1 Å². The lowest BCUT2D eigenvalue weighted by atomic mass is 10.1. The zero-order valence-electron chi connectivity index (χ0n) is 15.1. The molecule has 28 heavy (non-hydrogen) atoms. The molecule has 2 aromatic rings. The highest BCUT2D eigenvalue weighted by atomic mass is 79.9. The van der Waals surface area contributed by atoms with Crippen LogP contribution in [0.5, 0.6) is 5.75 Å². The van der Waals surface area contributed by atoms with Crippen LogP contribution in [0.4, 0.5) is 5.69 Å². The van der Waals surface area contributed by atoms with E-state index in [2.05, 4.69) is 28.6 Å². The van der Waals surface area contributed by atoms with Crippen LogP contribution in [0.1, 0.15) is 11.1 Å². The minimum absolute atomic E-state index is 0.0824. The van der Waals surface area contributed by atoms with Crippen molar-refractivity contribution in [3.05, 3.63) is 70.7 Å². The summed E-state index contributed by atoms with van der Waals surface area (Å²) < 4.78 is 6.30. The number of fused-ring (bicyclic) bond motifs is 1. The minimum Gasteiger partial charge on any atom is -0.482 e. The molecule has 0 aromatic heterocycles. The molecule has 0 bridgehead atoms. The van der Waals surface area contributed by atoms with Crippen LogP contribution in [0.15, 0.2) is 59.6 Å². The number of benzene rings is 2. The van der Waals surface area contributed by atoms with Gasteiger partial charge >= 0.3 is 0 Å². The Hall–Kier alpha value is -3.11. The van der Waals surface area contributed by atoms with Gasteiger partial charge in [-0.2, -0.15) is 5.26 Å². The molecule has 0 saturated carbocycles. The van der Waals surface area contributed by atoms with E-state index < -0.39 is 0 Å². The molecule has 7 heteroatoms. The quantitative estimate of drug-likeness (QED) is 0.647. The van der Waals surface area contributed by atoms with Crippen LogP contribution in [-0.4, -0.2) is 36.4 Å². The third-order valence-corrected chi connectivity index (χ3v) is 4.81. The zero-order valence-corrected chi connectivity index (χ0v) is 16.7. The smallest absolute Gasteiger partial charge is 0.265 e. The number of carbonyl (C=O) groups is 2. The van der Waals surface area contributed by atoms with Gasteiger partial charge in [-0.15, -0.1) is 6.58 Å². The van der Waals surface area contributed by atoms with E-state index >= 15 is 0 Å². The molecular weight excluding hydrogens is 422 g/mol. The summed E-state index contributed by atoms with van der Waals surface area (Å²) in [7, 11) is 0. The summed E-state index contributed by atoms with van der Waals surface area (Å²) >= 11 is 3.38. The highest BCUT2D eigenvalue weighted by Crippen LogP contribution is 2.34. The van der Waals surface area contributed by atoms with Crippen LogP contribution < -0.4 is 9.64 Å².